The fourth-order valence-electron chi connectivity index (χ4n) is 3.42. The van der Waals surface area contributed by atoms with Crippen LogP contribution in [0.15, 0.2) is 36.9 Å². The van der Waals surface area contributed by atoms with Gasteiger partial charge in [-0.15, -0.1) is 0 Å². The third-order valence-electron chi connectivity index (χ3n) is 4.63. The van der Waals surface area contributed by atoms with E-state index in [2.05, 4.69) is 46.9 Å². The predicted octanol–water partition coefficient (Wildman–Crippen LogP) is 3.34. The van der Waals surface area contributed by atoms with Crippen LogP contribution in [0.5, 0.6) is 0 Å². The van der Waals surface area contributed by atoms with Gasteiger partial charge in [0.15, 0.2) is 0 Å². The van der Waals surface area contributed by atoms with Gasteiger partial charge in [0.1, 0.15) is 6.33 Å². The lowest BCUT2D eigenvalue weighted by atomic mass is 9.86. The second-order valence-corrected chi connectivity index (χ2v) is 5.73. The molecule has 3 heteroatoms. The molecule has 1 aromatic carbocycles. The molecule has 0 aliphatic heterocycles. The molecule has 1 heterocycles. The standard InChI is InChI=1S/C18H23N3/c1-3-21(4-2)18-8-7-14-9-15(5-6-16(14)10-18)17-11-19-13-20-12-17/h5-6,9,11-13,18H,3-4,7-8,10H2,1-2H3. The Kier molecular flexibility index (Phi) is 4.30. The molecule has 21 heavy (non-hydrogen) atoms. The quantitative estimate of drug-likeness (QED) is 0.860. The van der Waals surface area contributed by atoms with Crippen LogP contribution < -0.4 is 0 Å². The van der Waals surface area contributed by atoms with Crippen molar-refractivity contribution in [3.05, 3.63) is 48.0 Å². The number of benzene rings is 1. The molecule has 1 aromatic heterocycles. The van der Waals surface area contributed by atoms with Gasteiger partial charge in [-0.05, 0) is 49.0 Å². The van der Waals surface area contributed by atoms with Gasteiger partial charge in [-0.1, -0.05) is 32.0 Å². The van der Waals surface area contributed by atoms with Crippen molar-refractivity contribution in [3.8, 4) is 11.1 Å². The Morgan fingerprint density at radius 3 is 2.52 bits per heavy atom. The highest BCUT2D eigenvalue weighted by Gasteiger charge is 2.22. The maximum atomic E-state index is 4.11. The zero-order valence-corrected chi connectivity index (χ0v) is 12.9. The van der Waals surface area contributed by atoms with Gasteiger partial charge in [0, 0.05) is 24.0 Å². The van der Waals surface area contributed by atoms with Crippen molar-refractivity contribution in [3.63, 3.8) is 0 Å². The minimum absolute atomic E-state index is 0.707. The zero-order valence-electron chi connectivity index (χ0n) is 12.9. The molecular formula is C18H23N3. The zero-order chi connectivity index (χ0) is 14.7. The molecular weight excluding hydrogens is 258 g/mol. The van der Waals surface area contributed by atoms with E-state index in [1.165, 1.54) is 36.0 Å². The van der Waals surface area contributed by atoms with Crippen LogP contribution in [0.1, 0.15) is 31.4 Å². The Balaban J connectivity index is 1.83. The Bertz CT molecular complexity index is 591. The number of likely N-dealkylation sites (N-methyl/N-ethyl adjacent to an activating group) is 1. The van der Waals surface area contributed by atoms with Gasteiger partial charge in [0.2, 0.25) is 0 Å². The largest absolute Gasteiger partial charge is 0.301 e. The van der Waals surface area contributed by atoms with Crippen molar-refractivity contribution >= 4 is 0 Å². The van der Waals surface area contributed by atoms with Crippen LogP contribution in [0.2, 0.25) is 0 Å². The van der Waals surface area contributed by atoms with Crippen LogP contribution in [0.25, 0.3) is 11.1 Å². The van der Waals surface area contributed by atoms with E-state index in [0.29, 0.717) is 6.04 Å². The first-order chi connectivity index (χ1) is 10.3. The molecule has 1 atom stereocenters. The summed E-state index contributed by atoms with van der Waals surface area (Å²) in [6.07, 6.45) is 8.98. The third kappa shape index (κ3) is 2.98. The molecule has 2 aromatic rings. The second kappa shape index (κ2) is 6.35. The van der Waals surface area contributed by atoms with Crippen molar-refractivity contribution in [2.75, 3.05) is 13.1 Å². The molecule has 0 saturated heterocycles. The molecule has 0 radical (unpaired) electrons. The van der Waals surface area contributed by atoms with Crippen LogP contribution in [0.4, 0.5) is 0 Å². The van der Waals surface area contributed by atoms with Crippen molar-refractivity contribution < 1.29 is 0 Å². The van der Waals surface area contributed by atoms with E-state index in [1.807, 2.05) is 12.4 Å². The van der Waals surface area contributed by atoms with Crippen molar-refractivity contribution in [1.82, 2.24) is 14.9 Å². The van der Waals surface area contributed by atoms with Crippen molar-refractivity contribution in [2.45, 2.75) is 39.2 Å². The molecule has 1 unspecified atom stereocenters. The maximum absolute atomic E-state index is 4.11. The summed E-state index contributed by atoms with van der Waals surface area (Å²) in [7, 11) is 0. The van der Waals surface area contributed by atoms with Crippen LogP contribution >= 0.6 is 0 Å². The molecule has 110 valence electrons. The maximum Gasteiger partial charge on any atom is 0.115 e. The van der Waals surface area contributed by atoms with Gasteiger partial charge in [-0.25, -0.2) is 9.97 Å². The van der Waals surface area contributed by atoms with Gasteiger partial charge in [-0.3, -0.25) is 0 Å². The highest BCUT2D eigenvalue weighted by atomic mass is 15.1. The average molecular weight is 281 g/mol. The lowest BCUT2D eigenvalue weighted by molar-refractivity contribution is 0.199. The Hall–Kier alpha value is -1.74. The van der Waals surface area contributed by atoms with E-state index in [4.69, 9.17) is 0 Å². The van der Waals surface area contributed by atoms with Gasteiger partial charge >= 0.3 is 0 Å². The van der Waals surface area contributed by atoms with E-state index in [9.17, 15) is 0 Å². The summed E-state index contributed by atoms with van der Waals surface area (Å²) in [6.45, 7) is 6.82. The molecule has 0 N–H and O–H groups in total. The van der Waals surface area contributed by atoms with Gasteiger partial charge < -0.3 is 4.90 Å². The monoisotopic (exact) mass is 281 g/mol. The summed E-state index contributed by atoms with van der Waals surface area (Å²) in [6, 6.07) is 7.54. The molecule has 3 rings (SSSR count). The van der Waals surface area contributed by atoms with E-state index in [0.717, 1.165) is 18.7 Å². The molecule has 3 nitrogen and oxygen atoms in total. The fraction of sp³-hybridized carbons (Fsp3) is 0.444. The Morgan fingerprint density at radius 1 is 1.05 bits per heavy atom. The minimum Gasteiger partial charge on any atom is -0.301 e. The first-order valence-electron chi connectivity index (χ1n) is 7.93. The number of aromatic nitrogens is 2. The average Bonchev–Trinajstić information content (AvgIpc) is 2.56. The summed E-state index contributed by atoms with van der Waals surface area (Å²) in [5.74, 6) is 0. The third-order valence-corrected chi connectivity index (χ3v) is 4.63. The van der Waals surface area contributed by atoms with Gasteiger partial charge in [0.25, 0.3) is 0 Å². The highest BCUT2D eigenvalue weighted by Crippen LogP contribution is 2.28. The van der Waals surface area contributed by atoms with E-state index in [1.54, 1.807) is 6.33 Å². The molecule has 1 aliphatic carbocycles. The molecule has 1 aliphatic rings. The number of hydrogen-bond donors (Lipinski definition) is 0. The Labute approximate surface area is 127 Å². The number of hydrogen-bond acceptors (Lipinski definition) is 3. The smallest absolute Gasteiger partial charge is 0.115 e. The topological polar surface area (TPSA) is 29.0 Å². The summed E-state index contributed by atoms with van der Waals surface area (Å²) in [5, 5.41) is 0. The van der Waals surface area contributed by atoms with E-state index < -0.39 is 0 Å². The molecule has 0 fully saturated rings. The first-order valence-corrected chi connectivity index (χ1v) is 7.93. The van der Waals surface area contributed by atoms with Crippen LogP contribution in [0.3, 0.4) is 0 Å². The lowest BCUT2D eigenvalue weighted by Crippen LogP contribution is -2.39. The van der Waals surface area contributed by atoms with Crippen LogP contribution in [-0.2, 0) is 12.8 Å². The van der Waals surface area contributed by atoms with Crippen LogP contribution in [0, 0.1) is 0 Å². The summed E-state index contributed by atoms with van der Waals surface area (Å²) in [5.41, 5.74) is 5.35. The van der Waals surface area contributed by atoms with E-state index >= 15 is 0 Å². The van der Waals surface area contributed by atoms with Crippen molar-refractivity contribution in [2.24, 2.45) is 0 Å². The first kappa shape index (κ1) is 14.2. The van der Waals surface area contributed by atoms with E-state index in [-0.39, 0.29) is 0 Å². The van der Waals surface area contributed by atoms with Crippen molar-refractivity contribution in [1.29, 1.82) is 0 Å². The lowest BCUT2D eigenvalue weighted by Gasteiger charge is -2.34. The fourth-order valence-corrected chi connectivity index (χ4v) is 3.42. The number of aryl methyl sites for hydroxylation is 1. The highest BCUT2D eigenvalue weighted by molar-refractivity contribution is 5.63. The SMILES string of the molecule is CCN(CC)C1CCc2cc(-c3cncnc3)ccc2C1. The molecule has 0 bridgehead atoms. The van der Waals surface area contributed by atoms with Gasteiger partial charge in [-0.2, -0.15) is 0 Å². The Morgan fingerprint density at radius 2 is 1.81 bits per heavy atom. The second-order valence-electron chi connectivity index (χ2n) is 5.73. The summed E-state index contributed by atoms with van der Waals surface area (Å²) in [4.78, 5) is 10.8. The summed E-state index contributed by atoms with van der Waals surface area (Å²) >= 11 is 0. The van der Waals surface area contributed by atoms with Crippen LogP contribution in [-0.4, -0.2) is 34.0 Å². The molecule has 0 saturated carbocycles. The molecule has 0 spiro atoms. The number of nitrogens with zero attached hydrogens (tertiary/aromatic N) is 3. The minimum atomic E-state index is 0.707. The predicted molar refractivity (Wildman–Crippen MR) is 86.2 cm³/mol. The normalized spacial score (nSPS) is 17.8. The number of fused-ring (bicyclic) bond motifs is 1. The van der Waals surface area contributed by atoms with Gasteiger partial charge in [0.05, 0.1) is 0 Å². The number of rotatable bonds is 4. The summed E-state index contributed by atoms with van der Waals surface area (Å²) < 4.78 is 0. The molecule has 0 amide bonds.